The molecule has 2 N–H and O–H groups in total. The first-order valence-electron chi connectivity index (χ1n) is 8.73. The number of carbonyl (C=O) groups excluding carboxylic acids is 1. The van der Waals surface area contributed by atoms with E-state index >= 15 is 0 Å². The summed E-state index contributed by atoms with van der Waals surface area (Å²) in [5, 5.41) is 5.65. The summed E-state index contributed by atoms with van der Waals surface area (Å²) in [7, 11) is 0. The van der Waals surface area contributed by atoms with E-state index in [1.807, 2.05) is 44.2 Å². The van der Waals surface area contributed by atoms with Crippen molar-refractivity contribution in [3.63, 3.8) is 0 Å². The van der Waals surface area contributed by atoms with Crippen LogP contribution in [0.1, 0.15) is 28.9 Å². The van der Waals surface area contributed by atoms with Crippen LogP contribution in [0.2, 0.25) is 0 Å². The van der Waals surface area contributed by atoms with Gasteiger partial charge in [-0.25, -0.2) is 10.4 Å². The van der Waals surface area contributed by atoms with Crippen molar-refractivity contribution in [1.29, 1.82) is 0 Å². The molecule has 0 aliphatic rings. The first-order valence-corrected chi connectivity index (χ1v) is 9.55. The molecular formula is C20H18N4O3S. The maximum atomic E-state index is 12.3. The topological polar surface area (TPSA) is 100 Å². The molecular weight excluding hydrogens is 376 g/mol. The fourth-order valence-electron chi connectivity index (χ4n) is 2.94. The predicted molar refractivity (Wildman–Crippen MR) is 110 cm³/mol. The van der Waals surface area contributed by atoms with Crippen molar-refractivity contribution in [3.05, 3.63) is 62.7 Å². The van der Waals surface area contributed by atoms with Crippen molar-refractivity contribution in [1.82, 2.24) is 15.4 Å². The number of benzene rings is 1. The third-order valence-corrected chi connectivity index (χ3v) is 5.65. The number of furan rings is 1. The van der Waals surface area contributed by atoms with Crippen molar-refractivity contribution in [2.75, 3.05) is 0 Å². The molecule has 0 saturated heterocycles. The van der Waals surface area contributed by atoms with Crippen molar-refractivity contribution < 1.29 is 9.21 Å². The van der Waals surface area contributed by atoms with Gasteiger partial charge in [-0.15, -0.1) is 11.3 Å². The predicted octanol–water partition coefficient (Wildman–Crippen LogP) is 3.43. The molecule has 1 aromatic carbocycles. The van der Waals surface area contributed by atoms with E-state index in [2.05, 4.69) is 20.5 Å². The summed E-state index contributed by atoms with van der Waals surface area (Å²) < 4.78 is 5.72. The number of hydrogen-bond acceptors (Lipinski definition) is 6. The molecule has 142 valence electrons. The van der Waals surface area contributed by atoms with E-state index in [0.29, 0.717) is 27.5 Å². The maximum absolute atomic E-state index is 12.3. The van der Waals surface area contributed by atoms with Gasteiger partial charge in [0.2, 0.25) is 5.91 Å². The maximum Gasteiger partial charge on any atom is 0.259 e. The molecule has 0 atom stereocenters. The van der Waals surface area contributed by atoms with E-state index in [9.17, 15) is 9.59 Å². The molecule has 28 heavy (non-hydrogen) atoms. The van der Waals surface area contributed by atoms with Crippen LogP contribution in [0, 0.1) is 13.8 Å². The number of H-pyrrole nitrogens is 1. The molecule has 0 fully saturated rings. The van der Waals surface area contributed by atoms with Crippen molar-refractivity contribution in [2.24, 2.45) is 5.10 Å². The molecule has 4 aromatic rings. The van der Waals surface area contributed by atoms with Crippen LogP contribution in [0.4, 0.5) is 0 Å². The fraction of sp³-hybridized carbons (Fsp3) is 0.200. The number of aromatic amines is 1. The molecule has 7 nitrogen and oxygen atoms in total. The zero-order chi connectivity index (χ0) is 19.8. The number of nitrogens with zero attached hydrogens (tertiary/aromatic N) is 2. The van der Waals surface area contributed by atoms with Crippen LogP contribution in [-0.4, -0.2) is 21.6 Å². The normalized spacial score (nSPS) is 12.0. The Labute approximate surface area is 164 Å². The monoisotopic (exact) mass is 394 g/mol. The zero-order valence-electron chi connectivity index (χ0n) is 15.6. The van der Waals surface area contributed by atoms with Gasteiger partial charge in [-0.1, -0.05) is 18.2 Å². The summed E-state index contributed by atoms with van der Waals surface area (Å²) >= 11 is 1.45. The van der Waals surface area contributed by atoms with Crippen LogP contribution in [-0.2, 0) is 11.2 Å². The Bertz CT molecular complexity index is 1260. The molecule has 3 aromatic heterocycles. The number of aryl methyl sites for hydroxylation is 2. The van der Waals surface area contributed by atoms with Gasteiger partial charge in [-0.05, 0) is 38.5 Å². The van der Waals surface area contributed by atoms with Crippen LogP contribution >= 0.6 is 11.3 Å². The average molecular weight is 394 g/mol. The second-order valence-electron chi connectivity index (χ2n) is 6.53. The molecule has 4 rings (SSSR count). The van der Waals surface area contributed by atoms with Gasteiger partial charge in [0.15, 0.2) is 5.76 Å². The third-order valence-electron chi connectivity index (χ3n) is 4.55. The van der Waals surface area contributed by atoms with Crippen molar-refractivity contribution >= 4 is 44.1 Å². The Morgan fingerprint density at radius 1 is 1.32 bits per heavy atom. The van der Waals surface area contributed by atoms with Gasteiger partial charge >= 0.3 is 0 Å². The van der Waals surface area contributed by atoms with Gasteiger partial charge in [0.25, 0.3) is 5.56 Å². The molecule has 0 bridgehead atoms. The minimum absolute atomic E-state index is 0.0713. The average Bonchev–Trinajstić information content (AvgIpc) is 3.21. The second-order valence-corrected chi connectivity index (χ2v) is 7.74. The van der Waals surface area contributed by atoms with Gasteiger partial charge in [0, 0.05) is 10.3 Å². The highest BCUT2D eigenvalue weighted by atomic mass is 32.1. The van der Waals surface area contributed by atoms with E-state index < -0.39 is 0 Å². The van der Waals surface area contributed by atoms with Gasteiger partial charge in [0.05, 0.1) is 11.8 Å². The fourth-order valence-corrected chi connectivity index (χ4v) is 3.98. The van der Waals surface area contributed by atoms with Crippen molar-refractivity contribution in [3.8, 4) is 0 Å². The number of thiophene rings is 1. The third kappa shape index (κ3) is 3.34. The molecule has 0 radical (unpaired) electrons. The minimum Gasteiger partial charge on any atom is -0.455 e. The molecule has 0 aliphatic heterocycles. The Morgan fingerprint density at radius 2 is 2.11 bits per heavy atom. The molecule has 0 saturated carbocycles. The number of hydrogen-bond donors (Lipinski definition) is 2. The Kier molecular flexibility index (Phi) is 4.56. The number of amides is 1. The standard InChI is InChI=1S/C20H18N4O3S/c1-10-12(3)28-20-18(10)19(26)21-16(22-20)9-17(25)24-23-11(2)15-8-13-6-4-5-7-14(13)27-15/h4-8H,9H2,1-3H3,(H,24,25)(H,21,22,26)/b23-11+. The van der Waals surface area contributed by atoms with Crippen LogP contribution in [0.5, 0.6) is 0 Å². The molecule has 0 unspecified atom stereocenters. The summed E-state index contributed by atoms with van der Waals surface area (Å²) in [4.78, 5) is 33.3. The lowest BCUT2D eigenvalue weighted by Gasteiger charge is -2.02. The van der Waals surface area contributed by atoms with E-state index in [4.69, 9.17) is 4.42 Å². The van der Waals surface area contributed by atoms with Crippen LogP contribution < -0.4 is 11.0 Å². The molecule has 8 heteroatoms. The van der Waals surface area contributed by atoms with Gasteiger partial charge in [-0.3, -0.25) is 9.59 Å². The Morgan fingerprint density at radius 3 is 2.89 bits per heavy atom. The van der Waals surface area contributed by atoms with E-state index in [0.717, 1.165) is 21.4 Å². The van der Waals surface area contributed by atoms with E-state index in [1.54, 1.807) is 6.92 Å². The molecule has 0 spiro atoms. The van der Waals surface area contributed by atoms with E-state index in [-0.39, 0.29) is 17.9 Å². The number of nitrogens with one attached hydrogen (secondary N) is 2. The van der Waals surface area contributed by atoms with Gasteiger partial charge in [-0.2, -0.15) is 5.10 Å². The highest BCUT2D eigenvalue weighted by Gasteiger charge is 2.14. The number of fused-ring (bicyclic) bond motifs is 2. The summed E-state index contributed by atoms with van der Waals surface area (Å²) in [5.74, 6) is 0.523. The summed E-state index contributed by atoms with van der Waals surface area (Å²) in [5.41, 5.74) is 4.50. The van der Waals surface area contributed by atoms with Crippen molar-refractivity contribution in [2.45, 2.75) is 27.2 Å². The number of aromatic nitrogens is 2. The minimum atomic E-state index is -0.372. The zero-order valence-corrected chi connectivity index (χ0v) is 16.4. The smallest absolute Gasteiger partial charge is 0.259 e. The second kappa shape index (κ2) is 7.05. The van der Waals surface area contributed by atoms with Crippen LogP contribution in [0.25, 0.3) is 21.2 Å². The van der Waals surface area contributed by atoms with Gasteiger partial charge in [0.1, 0.15) is 21.9 Å². The summed E-state index contributed by atoms with van der Waals surface area (Å²) in [6.45, 7) is 5.59. The molecule has 3 heterocycles. The number of carbonyl (C=O) groups is 1. The Balaban J connectivity index is 1.50. The first-order chi connectivity index (χ1) is 13.4. The number of hydrazone groups is 1. The summed E-state index contributed by atoms with van der Waals surface area (Å²) in [6, 6.07) is 9.51. The molecule has 1 amide bonds. The summed E-state index contributed by atoms with van der Waals surface area (Å²) in [6.07, 6.45) is -0.0713. The molecule has 0 aliphatic carbocycles. The van der Waals surface area contributed by atoms with Crippen LogP contribution in [0.3, 0.4) is 0 Å². The highest BCUT2D eigenvalue weighted by molar-refractivity contribution is 7.18. The van der Waals surface area contributed by atoms with Crippen LogP contribution in [0.15, 0.2) is 44.6 Å². The quantitative estimate of drug-likeness (QED) is 0.409. The first kappa shape index (κ1) is 18.1. The lowest BCUT2D eigenvalue weighted by Crippen LogP contribution is -2.24. The lowest BCUT2D eigenvalue weighted by molar-refractivity contribution is -0.120. The van der Waals surface area contributed by atoms with E-state index in [1.165, 1.54) is 11.3 Å². The number of para-hydroxylation sites is 1. The highest BCUT2D eigenvalue weighted by Crippen LogP contribution is 2.25. The largest absolute Gasteiger partial charge is 0.455 e. The number of rotatable bonds is 4. The SMILES string of the molecule is C/C(=N\NC(=O)Cc1nc2sc(C)c(C)c2c(=O)[nH]1)c1cc2ccccc2o1. The lowest BCUT2D eigenvalue weighted by atomic mass is 10.2. The Hall–Kier alpha value is -3.26. The van der Waals surface area contributed by atoms with Gasteiger partial charge < -0.3 is 9.40 Å².